The van der Waals surface area contributed by atoms with E-state index in [1.54, 1.807) is 12.3 Å². The van der Waals surface area contributed by atoms with Crippen LogP contribution in [-0.4, -0.2) is 153 Å². The van der Waals surface area contributed by atoms with Gasteiger partial charge in [-0.25, -0.2) is 9.59 Å². The number of dihydropyridines is 1. The average molecular weight is 889 g/mol. The Morgan fingerprint density at radius 1 is 0.921 bits per heavy atom. The van der Waals surface area contributed by atoms with E-state index >= 15 is 0 Å². The van der Waals surface area contributed by atoms with Crippen molar-refractivity contribution in [3.05, 3.63) is 69.0 Å². The van der Waals surface area contributed by atoms with E-state index in [1.165, 1.54) is 12.1 Å². The van der Waals surface area contributed by atoms with Crippen LogP contribution in [0.25, 0.3) is 22.3 Å². The highest BCUT2D eigenvalue weighted by Gasteiger charge is 2.62. The summed E-state index contributed by atoms with van der Waals surface area (Å²) in [6, 6.07) is 4.66. The second-order valence-electron chi connectivity index (χ2n) is 15.8. The minimum atomic E-state index is -2.80. The van der Waals surface area contributed by atoms with Gasteiger partial charge in [-0.2, -0.15) is 0 Å². The van der Waals surface area contributed by atoms with Crippen LogP contribution in [0.4, 0.5) is 0 Å². The van der Waals surface area contributed by atoms with Crippen LogP contribution in [0.1, 0.15) is 49.7 Å². The largest absolute Gasteiger partial charge is 0.507 e. The Morgan fingerprint density at radius 3 is 2.30 bits per heavy atom. The normalized spacial score (nSPS) is 33.0. The molecule has 5 heterocycles. The van der Waals surface area contributed by atoms with Crippen LogP contribution in [0.2, 0.25) is 0 Å². The fourth-order valence-corrected chi connectivity index (χ4v) is 8.57. The number of esters is 1. The van der Waals surface area contributed by atoms with E-state index in [2.05, 4.69) is 5.32 Å². The first-order valence-corrected chi connectivity index (χ1v) is 19.9. The second kappa shape index (κ2) is 17.3. The highest BCUT2D eigenvalue weighted by Crippen LogP contribution is 2.52. The van der Waals surface area contributed by atoms with E-state index in [4.69, 9.17) is 29.1 Å². The number of allylic oxidation sites excluding steroid dienone is 2. The SMILES string of the molecule is CCC1=CC(C2CCC3(Oc4cc5oc(-c6cc(O)c(O)c(CCO)c6)cc(=O)c5c(O)c42)OC(C(=O)OC2OC(CCO)(C(=O)O)C(O)C(O)C2O)C(O)C(O)C3O)=CNC1N. The summed E-state index contributed by atoms with van der Waals surface area (Å²) < 4.78 is 29.0. The number of carbonyl (C=O) groups excluding carboxylic acids is 1. The maximum Gasteiger partial charge on any atom is 0.340 e. The van der Waals surface area contributed by atoms with Crippen LogP contribution < -0.4 is 21.2 Å². The third-order valence-corrected chi connectivity index (χ3v) is 12.1. The minimum absolute atomic E-state index is 0.0436. The number of carbonyl (C=O) groups is 2. The number of carboxylic acids is 1. The van der Waals surface area contributed by atoms with Gasteiger partial charge in [-0.05, 0) is 42.5 Å². The molecule has 22 heteroatoms. The molecule has 0 aliphatic carbocycles. The van der Waals surface area contributed by atoms with Gasteiger partial charge < -0.3 is 95.7 Å². The van der Waals surface area contributed by atoms with Crippen LogP contribution >= 0.6 is 0 Å². The first-order valence-electron chi connectivity index (χ1n) is 19.9. The van der Waals surface area contributed by atoms with E-state index in [-0.39, 0.29) is 52.0 Å². The van der Waals surface area contributed by atoms with Crippen LogP contribution in [0.3, 0.4) is 0 Å². The predicted octanol–water partition coefficient (Wildman–Crippen LogP) is -2.16. The molecule has 22 nitrogen and oxygen atoms in total. The average Bonchev–Trinajstić information content (AvgIpc) is 3.41. The highest BCUT2D eigenvalue weighted by molar-refractivity contribution is 5.89. The molecule has 0 bridgehead atoms. The molecule has 342 valence electrons. The fraction of sp³-hybridized carbons (Fsp3) is 0.488. The fourth-order valence-electron chi connectivity index (χ4n) is 8.57. The number of aliphatic carboxylic acids is 1. The molecule has 0 amide bonds. The smallest absolute Gasteiger partial charge is 0.340 e. The number of fused-ring (bicyclic) bond motifs is 2. The molecule has 7 rings (SSSR count). The maximum absolute atomic E-state index is 13.9. The summed E-state index contributed by atoms with van der Waals surface area (Å²) in [6.07, 6.45) is -16.6. The summed E-state index contributed by atoms with van der Waals surface area (Å²) in [6.45, 7) is 0.556. The molecule has 12 atom stereocenters. The number of benzene rings is 2. The Hall–Kier alpha value is -5.37. The molecule has 2 saturated heterocycles. The number of nitrogens with two attached hydrogens (primary N) is 1. The summed E-state index contributed by atoms with van der Waals surface area (Å²) in [4.78, 5) is 40.0. The first kappa shape index (κ1) is 45.6. The zero-order chi connectivity index (χ0) is 45.9. The molecular formula is C41H48N2O20. The number of phenolic OH excluding ortho intramolecular Hbond substituents is 3. The molecule has 1 aromatic heterocycles. The van der Waals surface area contributed by atoms with Gasteiger partial charge in [-0.1, -0.05) is 13.0 Å². The molecule has 3 aromatic rings. The number of aliphatic hydroxyl groups is 8. The first-order chi connectivity index (χ1) is 29.8. The van der Waals surface area contributed by atoms with Gasteiger partial charge in [0.2, 0.25) is 12.1 Å². The molecule has 4 aliphatic heterocycles. The lowest BCUT2D eigenvalue weighted by atomic mass is 9.81. The molecule has 1 spiro atoms. The van der Waals surface area contributed by atoms with Crippen LogP contribution in [0, 0.1) is 0 Å². The number of nitrogens with one attached hydrogen (secondary N) is 1. The van der Waals surface area contributed by atoms with Gasteiger partial charge in [0.15, 0.2) is 28.6 Å². The number of carboxylic acid groups (broad SMARTS) is 1. The molecule has 12 unspecified atom stereocenters. The third-order valence-electron chi connectivity index (χ3n) is 12.1. The lowest BCUT2D eigenvalue weighted by Gasteiger charge is -2.48. The summed E-state index contributed by atoms with van der Waals surface area (Å²) >= 11 is 0. The molecule has 0 saturated carbocycles. The van der Waals surface area contributed by atoms with Crippen molar-refractivity contribution >= 4 is 22.9 Å². The molecule has 2 aromatic carbocycles. The van der Waals surface area contributed by atoms with Gasteiger partial charge in [0, 0.05) is 67.0 Å². The van der Waals surface area contributed by atoms with Gasteiger partial charge in [0.1, 0.15) is 64.9 Å². The Balaban J connectivity index is 1.33. The van der Waals surface area contributed by atoms with E-state index in [9.17, 15) is 75.7 Å². The van der Waals surface area contributed by atoms with Gasteiger partial charge in [0.25, 0.3) is 0 Å². The van der Waals surface area contributed by atoms with E-state index in [0.29, 0.717) is 12.0 Å². The summed E-state index contributed by atoms with van der Waals surface area (Å²) in [5.74, 6) is -9.23. The Morgan fingerprint density at radius 2 is 1.63 bits per heavy atom. The van der Waals surface area contributed by atoms with Gasteiger partial charge in [-0.15, -0.1) is 0 Å². The van der Waals surface area contributed by atoms with Crippen molar-refractivity contribution in [2.24, 2.45) is 5.73 Å². The van der Waals surface area contributed by atoms with Crippen LogP contribution in [0.15, 0.2) is 56.9 Å². The van der Waals surface area contributed by atoms with Crippen LogP contribution in [-0.2, 0) is 30.2 Å². The van der Waals surface area contributed by atoms with Gasteiger partial charge in [-0.3, -0.25) is 4.79 Å². The maximum atomic E-state index is 13.9. The molecule has 63 heavy (non-hydrogen) atoms. The summed E-state index contributed by atoms with van der Waals surface area (Å²) in [7, 11) is 0. The topological polar surface area (TPSA) is 382 Å². The quantitative estimate of drug-likeness (QED) is 0.0761. The number of phenols is 3. The minimum Gasteiger partial charge on any atom is -0.507 e. The summed E-state index contributed by atoms with van der Waals surface area (Å²) in [5, 5.41) is 130. The third kappa shape index (κ3) is 7.75. The Bertz CT molecular complexity index is 2400. The Kier molecular flexibility index (Phi) is 12.5. The lowest BCUT2D eigenvalue weighted by molar-refractivity contribution is -0.345. The number of aromatic hydroxyl groups is 3. The van der Waals surface area contributed by atoms with E-state index in [0.717, 1.165) is 17.7 Å². The molecule has 0 radical (unpaired) electrons. The van der Waals surface area contributed by atoms with E-state index in [1.807, 2.05) is 6.92 Å². The van der Waals surface area contributed by atoms with Crippen molar-refractivity contribution in [2.45, 2.75) is 112 Å². The number of ether oxygens (including phenoxy) is 4. The molecule has 4 aliphatic rings. The number of aliphatic hydroxyl groups excluding tert-OH is 8. The zero-order valence-corrected chi connectivity index (χ0v) is 33.4. The monoisotopic (exact) mass is 888 g/mol. The van der Waals surface area contributed by atoms with Gasteiger partial charge >= 0.3 is 11.9 Å². The van der Waals surface area contributed by atoms with E-state index < -0.39 is 133 Å². The highest BCUT2D eigenvalue weighted by atomic mass is 16.8. The van der Waals surface area contributed by atoms with Crippen molar-refractivity contribution in [2.75, 3.05) is 13.2 Å². The standard InChI is InChI=1S/C41H48N2O20/c1-2-15-9-18(14-43-36(15)42)19-3-5-41(35(55)30(51)29(50)33(62-41)37(56)60-38-32(53)31(52)34(54)40(63-38,6-8-45)39(57)58)61-24-13-23-26(28(49)25(19)24)20(46)12-22(59-23)17-10-16(4-7-44)27(48)21(47)11-17/h9-14,19,29-36,38,43-45,47-55H,2-8,42H2,1H3,(H,57,58). The van der Waals surface area contributed by atoms with Crippen molar-refractivity contribution in [3.63, 3.8) is 0 Å². The van der Waals surface area contributed by atoms with Gasteiger partial charge in [0.05, 0.1) is 6.17 Å². The number of hydrogen-bond donors (Lipinski definition) is 14. The van der Waals surface area contributed by atoms with Crippen LogP contribution in [0.5, 0.6) is 23.0 Å². The lowest BCUT2D eigenvalue weighted by Crippen LogP contribution is -2.70. The molecular weight excluding hydrogens is 840 g/mol. The predicted molar refractivity (Wildman–Crippen MR) is 211 cm³/mol. The zero-order valence-electron chi connectivity index (χ0n) is 33.4. The number of hydrogen-bond acceptors (Lipinski definition) is 21. The number of rotatable bonds is 10. The van der Waals surface area contributed by atoms with Crippen molar-refractivity contribution in [3.8, 4) is 34.3 Å². The molecule has 15 N–H and O–H groups in total. The molecule has 2 fully saturated rings. The van der Waals surface area contributed by atoms with Crippen molar-refractivity contribution in [1.82, 2.24) is 5.32 Å². The Labute approximate surface area is 355 Å². The summed E-state index contributed by atoms with van der Waals surface area (Å²) in [5.41, 5.74) is 3.74. The van der Waals surface area contributed by atoms with Crippen molar-refractivity contribution < 1.29 is 94.2 Å². The second-order valence-corrected chi connectivity index (χ2v) is 15.8. The van der Waals surface area contributed by atoms with Crippen molar-refractivity contribution in [1.29, 1.82) is 0 Å².